The summed E-state index contributed by atoms with van der Waals surface area (Å²) >= 11 is 0. The van der Waals surface area contributed by atoms with E-state index >= 15 is 0 Å². The quantitative estimate of drug-likeness (QED) is 0.0683. The third kappa shape index (κ3) is 11.9. The van der Waals surface area contributed by atoms with Crippen LogP contribution in [-0.4, -0.2) is 276 Å². The number of aliphatic hydroxyl groups is 14. The van der Waals surface area contributed by atoms with Crippen molar-refractivity contribution in [2.75, 3.05) is 33.0 Å². The number of hydrogen-bond acceptors (Lipinski definition) is 26. The summed E-state index contributed by atoms with van der Waals surface area (Å²) in [5, 5.41) is 157. The second-order valence-electron chi connectivity index (χ2n) is 16.2. The van der Waals surface area contributed by atoms with Crippen molar-refractivity contribution in [3.05, 3.63) is 0 Å². The predicted molar refractivity (Wildman–Crippen MR) is 201 cm³/mol. The van der Waals surface area contributed by atoms with Crippen LogP contribution >= 0.6 is 0 Å². The normalized spacial score (nSPS) is 47.1. The Morgan fingerprint density at radius 3 is 1.17 bits per heavy atom. The molecule has 0 bridgehead atoms. The highest BCUT2D eigenvalue weighted by Gasteiger charge is 2.58. The van der Waals surface area contributed by atoms with Crippen LogP contribution in [0, 0.1) is 0 Å². The van der Waals surface area contributed by atoms with Crippen LogP contribution in [0.15, 0.2) is 0 Å². The Labute approximate surface area is 369 Å². The van der Waals surface area contributed by atoms with Crippen LogP contribution in [0.5, 0.6) is 0 Å². The van der Waals surface area contributed by atoms with Crippen molar-refractivity contribution in [1.82, 2.24) is 16.0 Å². The minimum atomic E-state index is -2.28. The van der Waals surface area contributed by atoms with Crippen LogP contribution < -0.4 is 16.0 Å². The minimum Gasteiger partial charge on any atom is -0.394 e. The van der Waals surface area contributed by atoms with E-state index < -0.39 is 204 Å². The van der Waals surface area contributed by atoms with Gasteiger partial charge in [0.05, 0.1) is 33.0 Å². The fourth-order valence-electron chi connectivity index (χ4n) is 8.22. The highest BCUT2D eigenvalue weighted by Crippen LogP contribution is 2.37. The first-order valence-electron chi connectivity index (χ1n) is 20.6. The van der Waals surface area contributed by atoms with Crippen molar-refractivity contribution in [2.45, 2.75) is 174 Å². The number of ether oxygens (including phenoxy) is 9. The molecule has 25 atom stereocenters. The molecule has 0 aliphatic carbocycles. The van der Waals surface area contributed by atoms with Crippen molar-refractivity contribution < 1.29 is 129 Å². The van der Waals surface area contributed by atoms with E-state index in [0.29, 0.717) is 0 Å². The molecule has 0 radical (unpaired) electrons. The molecule has 29 heteroatoms. The molecular weight excluding hydrogens is 890 g/mol. The van der Waals surface area contributed by atoms with Crippen molar-refractivity contribution >= 4 is 17.7 Å². The second-order valence-corrected chi connectivity index (χ2v) is 16.2. The van der Waals surface area contributed by atoms with Crippen molar-refractivity contribution in [1.29, 1.82) is 0 Å². The SMILES string of the molecule is CC(=O)N[C@@H]1[C@@H](O)[C@H](O[C@@H]2O[C@H](CO)[C@@H](O[C@@H]3O[C@H](CO)[C@@H](O)[C@H](O)[C@H]3NC(C)=O)[C@H](O[C@H]3O[C@H](CO)[C@@H](O)[C@H](O)[C@@H]3O[C@@H]3O[C@H](CO)[C@@H](O)[C@H](O)[C@H]3NC(C)=O)[C@@H]2O)[C@@H](CO)O[C@H]1O. The number of carbonyl (C=O) groups excluding carboxylic acids is 3. The summed E-state index contributed by atoms with van der Waals surface area (Å²) in [5.41, 5.74) is 0. The molecule has 17 N–H and O–H groups in total. The van der Waals surface area contributed by atoms with Gasteiger partial charge in [-0.1, -0.05) is 0 Å². The standard InChI is InChI=1S/C36H61N3O26/c1-9(45)37-17-25(53)28(15(7-43)57-32(17)56)62-35-27(55)30(29(16(8-44)61-35)63-33-18(38-10(2)46)23(51)20(48)12(4-40)58-33)64-36-31(26(54)22(50)14(6-42)60-36)65-34-19(39-11(3)47)24(52)21(49)13(5-41)59-34/h12-36,40-44,48-56H,4-8H2,1-3H3,(H,37,45)(H,38,46)(H,39,47)/t12-,13-,14-,15-,16-,17-,18-,19-,20-,21-,22-,23-,24-,25-,26+,27+,28-,29-,30-,31+,32-,33+,34+,35+,36-/m1/s1. The van der Waals surface area contributed by atoms with Crippen molar-refractivity contribution in [3.63, 3.8) is 0 Å². The van der Waals surface area contributed by atoms with E-state index in [0.717, 1.165) is 20.8 Å². The van der Waals surface area contributed by atoms with Gasteiger partial charge in [0.15, 0.2) is 31.5 Å². The average molecular weight is 952 g/mol. The third-order valence-electron chi connectivity index (χ3n) is 11.5. The van der Waals surface area contributed by atoms with E-state index in [1.54, 1.807) is 0 Å². The number of aliphatic hydroxyl groups excluding tert-OH is 14. The topological polar surface area (TPSA) is 454 Å². The van der Waals surface area contributed by atoms with Gasteiger partial charge in [-0.15, -0.1) is 0 Å². The summed E-state index contributed by atoms with van der Waals surface area (Å²) < 4.78 is 52.7. The summed E-state index contributed by atoms with van der Waals surface area (Å²) in [4.78, 5) is 36.4. The number of amides is 3. The van der Waals surface area contributed by atoms with Gasteiger partial charge >= 0.3 is 0 Å². The number of rotatable bonds is 16. The molecule has 5 saturated heterocycles. The van der Waals surface area contributed by atoms with Gasteiger partial charge in [0.2, 0.25) is 17.7 Å². The van der Waals surface area contributed by atoms with E-state index in [4.69, 9.17) is 42.6 Å². The molecule has 0 spiro atoms. The fourth-order valence-corrected chi connectivity index (χ4v) is 8.22. The van der Waals surface area contributed by atoms with Gasteiger partial charge in [-0.25, -0.2) is 0 Å². The van der Waals surface area contributed by atoms with Gasteiger partial charge in [0.1, 0.15) is 122 Å². The molecule has 0 saturated carbocycles. The lowest BCUT2D eigenvalue weighted by molar-refractivity contribution is -0.401. The molecular formula is C36H61N3O26. The zero-order valence-electron chi connectivity index (χ0n) is 35.1. The largest absolute Gasteiger partial charge is 0.394 e. The predicted octanol–water partition coefficient (Wildman–Crippen LogP) is -11.5. The minimum absolute atomic E-state index is 0.735. The molecule has 5 aliphatic rings. The van der Waals surface area contributed by atoms with Gasteiger partial charge in [0.25, 0.3) is 0 Å². The Bertz CT molecular complexity index is 1560. The maximum absolute atomic E-state index is 12.3. The molecule has 5 aliphatic heterocycles. The van der Waals surface area contributed by atoms with E-state index in [9.17, 15) is 85.9 Å². The maximum atomic E-state index is 12.3. The highest BCUT2D eigenvalue weighted by molar-refractivity contribution is 5.74. The van der Waals surface area contributed by atoms with Crippen LogP contribution in [0.2, 0.25) is 0 Å². The van der Waals surface area contributed by atoms with E-state index in [-0.39, 0.29) is 0 Å². The van der Waals surface area contributed by atoms with Crippen LogP contribution in [0.1, 0.15) is 20.8 Å². The summed E-state index contributed by atoms with van der Waals surface area (Å²) in [5.74, 6) is -2.29. The molecule has 5 rings (SSSR count). The number of hydrogen-bond donors (Lipinski definition) is 17. The summed E-state index contributed by atoms with van der Waals surface area (Å²) in [6, 6.07) is -4.88. The van der Waals surface area contributed by atoms with Crippen LogP contribution in [0.3, 0.4) is 0 Å². The molecule has 376 valence electrons. The van der Waals surface area contributed by atoms with E-state index in [2.05, 4.69) is 16.0 Å². The lowest BCUT2D eigenvalue weighted by Crippen LogP contribution is -2.70. The molecule has 0 aromatic heterocycles. The number of nitrogens with one attached hydrogen (secondary N) is 3. The zero-order valence-corrected chi connectivity index (χ0v) is 35.1. The monoisotopic (exact) mass is 951 g/mol. The zero-order chi connectivity index (χ0) is 48.2. The van der Waals surface area contributed by atoms with Crippen molar-refractivity contribution in [3.8, 4) is 0 Å². The van der Waals surface area contributed by atoms with E-state index in [1.807, 2.05) is 0 Å². The Balaban J connectivity index is 1.57. The van der Waals surface area contributed by atoms with Gasteiger partial charge in [-0.2, -0.15) is 0 Å². The van der Waals surface area contributed by atoms with E-state index in [1.165, 1.54) is 0 Å². The maximum Gasteiger partial charge on any atom is 0.217 e. The molecule has 29 nitrogen and oxygen atoms in total. The van der Waals surface area contributed by atoms with Gasteiger partial charge in [-0.05, 0) is 0 Å². The Kier molecular flexibility index (Phi) is 19.1. The van der Waals surface area contributed by atoms with Crippen molar-refractivity contribution in [2.24, 2.45) is 0 Å². The van der Waals surface area contributed by atoms with Crippen LogP contribution in [-0.2, 0) is 57.0 Å². The Morgan fingerprint density at radius 1 is 0.369 bits per heavy atom. The first-order chi connectivity index (χ1) is 30.7. The lowest BCUT2D eigenvalue weighted by Gasteiger charge is -2.51. The number of carbonyl (C=O) groups is 3. The fraction of sp³-hybridized carbons (Fsp3) is 0.917. The smallest absolute Gasteiger partial charge is 0.217 e. The van der Waals surface area contributed by atoms with Gasteiger partial charge in [-0.3, -0.25) is 14.4 Å². The molecule has 3 amide bonds. The summed E-state index contributed by atoms with van der Waals surface area (Å²) in [6.45, 7) is -1.70. The molecule has 65 heavy (non-hydrogen) atoms. The van der Waals surface area contributed by atoms with Crippen LogP contribution in [0.25, 0.3) is 0 Å². The first kappa shape index (κ1) is 53.4. The van der Waals surface area contributed by atoms with Gasteiger partial charge < -0.3 is 130 Å². The molecule has 0 aromatic rings. The van der Waals surface area contributed by atoms with Gasteiger partial charge in [0, 0.05) is 20.8 Å². The molecule has 0 aromatic carbocycles. The molecule has 5 fully saturated rings. The lowest BCUT2D eigenvalue weighted by atomic mass is 9.94. The Hall–Kier alpha value is -2.51. The summed E-state index contributed by atoms with van der Waals surface area (Å²) in [7, 11) is 0. The van der Waals surface area contributed by atoms with Crippen LogP contribution in [0.4, 0.5) is 0 Å². The molecule has 0 unspecified atom stereocenters. The summed E-state index contributed by atoms with van der Waals surface area (Å²) in [6.07, 6.45) is -41.7. The highest BCUT2D eigenvalue weighted by atomic mass is 16.8. The Morgan fingerprint density at radius 2 is 0.723 bits per heavy atom. The molecule has 5 heterocycles. The third-order valence-corrected chi connectivity index (χ3v) is 11.5. The average Bonchev–Trinajstić information content (AvgIpc) is 3.26. The first-order valence-corrected chi connectivity index (χ1v) is 20.6. The second kappa shape index (κ2) is 23.2.